The average Bonchev–Trinajstić information content (AvgIpc) is 2.51. The van der Waals surface area contributed by atoms with Gasteiger partial charge in [-0.15, -0.1) is 0 Å². The van der Waals surface area contributed by atoms with E-state index in [4.69, 9.17) is 9.47 Å². The van der Waals surface area contributed by atoms with E-state index in [1.54, 1.807) is 13.2 Å². The van der Waals surface area contributed by atoms with E-state index in [1.165, 1.54) is 6.08 Å². The molecule has 3 nitrogen and oxygen atoms in total. The molecule has 0 fully saturated rings. The first-order chi connectivity index (χ1) is 9.83. The molecule has 3 heteroatoms. The van der Waals surface area contributed by atoms with Gasteiger partial charge in [0.15, 0.2) is 0 Å². The molecule has 0 aliphatic heterocycles. The van der Waals surface area contributed by atoms with Crippen molar-refractivity contribution in [2.75, 3.05) is 7.11 Å². The van der Waals surface area contributed by atoms with E-state index in [9.17, 15) is 4.79 Å². The van der Waals surface area contributed by atoms with Crippen molar-refractivity contribution < 1.29 is 14.3 Å². The first-order valence-corrected chi connectivity index (χ1v) is 6.30. The SMILES string of the molecule is COc1ccccc1COc1cccc(/C=C/C=O)c1. The molecule has 0 aromatic heterocycles. The largest absolute Gasteiger partial charge is 0.496 e. The molecule has 0 spiro atoms. The maximum Gasteiger partial charge on any atom is 0.142 e. The molecule has 0 amide bonds. The molecule has 102 valence electrons. The number of rotatable bonds is 6. The Morgan fingerprint density at radius 3 is 2.75 bits per heavy atom. The van der Waals surface area contributed by atoms with Gasteiger partial charge in [0.1, 0.15) is 24.4 Å². The fourth-order valence-corrected chi connectivity index (χ4v) is 1.84. The van der Waals surface area contributed by atoms with Crippen LogP contribution in [0, 0.1) is 0 Å². The Bertz CT molecular complexity index is 603. The van der Waals surface area contributed by atoms with E-state index in [0.29, 0.717) is 6.61 Å². The molecule has 0 saturated carbocycles. The summed E-state index contributed by atoms with van der Waals surface area (Å²) in [7, 11) is 1.64. The number of benzene rings is 2. The number of ether oxygens (including phenoxy) is 2. The van der Waals surface area contributed by atoms with Gasteiger partial charge >= 0.3 is 0 Å². The zero-order valence-corrected chi connectivity index (χ0v) is 11.3. The highest BCUT2D eigenvalue weighted by Gasteiger charge is 2.02. The summed E-state index contributed by atoms with van der Waals surface area (Å²) in [5.74, 6) is 1.56. The highest BCUT2D eigenvalue weighted by Crippen LogP contribution is 2.21. The average molecular weight is 268 g/mol. The van der Waals surface area contributed by atoms with Gasteiger partial charge in [-0.2, -0.15) is 0 Å². The molecule has 0 aliphatic rings. The summed E-state index contributed by atoms with van der Waals surface area (Å²) >= 11 is 0. The predicted octanol–water partition coefficient (Wildman–Crippen LogP) is 3.49. The molecule has 0 N–H and O–H groups in total. The molecule has 0 radical (unpaired) electrons. The number of carbonyl (C=O) groups excluding carboxylic acids is 1. The van der Waals surface area contributed by atoms with Crippen LogP contribution in [0.25, 0.3) is 6.08 Å². The van der Waals surface area contributed by atoms with Gasteiger partial charge in [0, 0.05) is 5.56 Å². The van der Waals surface area contributed by atoms with Crippen molar-refractivity contribution in [1.82, 2.24) is 0 Å². The van der Waals surface area contributed by atoms with E-state index in [0.717, 1.165) is 28.9 Å². The quantitative estimate of drug-likeness (QED) is 0.594. The number of methoxy groups -OCH3 is 1. The highest BCUT2D eigenvalue weighted by atomic mass is 16.5. The third-order valence-electron chi connectivity index (χ3n) is 2.81. The summed E-state index contributed by atoms with van der Waals surface area (Å²) in [5, 5.41) is 0. The summed E-state index contributed by atoms with van der Waals surface area (Å²) < 4.78 is 11.0. The Hall–Kier alpha value is -2.55. The van der Waals surface area contributed by atoms with Gasteiger partial charge in [0.2, 0.25) is 0 Å². The lowest BCUT2D eigenvalue weighted by Gasteiger charge is -2.10. The molecule has 0 aliphatic carbocycles. The molecule has 0 atom stereocenters. The van der Waals surface area contributed by atoms with Crippen molar-refractivity contribution in [3.8, 4) is 11.5 Å². The third kappa shape index (κ3) is 3.72. The smallest absolute Gasteiger partial charge is 0.142 e. The van der Waals surface area contributed by atoms with Crippen LogP contribution in [0.5, 0.6) is 11.5 Å². The van der Waals surface area contributed by atoms with E-state index < -0.39 is 0 Å². The van der Waals surface area contributed by atoms with Crippen molar-refractivity contribution >= 4 is 12.4 Å². The molecular weight excluding hydrogens is 252 g/mol. The summed E-state index contributed by atoms with van der Waals surface area (Å²) in [6.07, 6.45) is 3.95. The zero-order chi connectivity index (χ0) is 14.2. The lowest BCUT2D eigenvalue weighted by molar-refractivity contribution is -0.104. The molecule has 2 aromatic carbocycles. The summed E-state index contributed by atoms with van der Waals surface area (Å²) in [6.45, 7) is 0.435. The maximum atomic E-state index is 10.3. The van der Waals surface area contributed by atoms with Crippen molar-refractivity contribution in [2.45, 2.75) is 6.61 Å². The van der Waals surface area contributed by atoms with Crippen LogP contribution >= 0.6 is 0 Å². The molecule has 2 aromatic rings. The molecule has 0 heterocycles. The standard InChI is InChI=1S/C17H16O3/c1-19-17-10-3-2-8-15(17)13-20-16-9-4-6-14(12-16)7-5-11-18/h2-12H,13H2,1H3/b7-5+. The van der Waals surface area contributed by atoms with E-state index in [2.05, 4.69) is 0 Å². The third-order valence-corrected chi connectivity index (χ3v) is 2.81. The normalized spacial score (nSPS) is 10.4. The minimum Gasteiger partial charge on any atom is -0.496 e. The minimum atomic E-state index is 0.435. The van der Waals surface area contributed by atoms with Crippen LogP contribution in [0.4, 0.5) is 0 Å². The van der Waals surface area contributed by atoms with Crippen LogP contribution < -0.4 is 9.47 Å². The predicted molar refractivity (Wildman–Crippen MR) is 78.9 cm³/mol. The van der Waals surface area contributed by atoms with Gasteiger partial charge in [-0.3, -0.25) is 4.79 Å². The van der Waals surface area contributed by atoms with Crippen LogP contribution in [-0.2, 0) is 11.4 Å². The topological polar surface area (TPSA) is 35.5 Å². The van der Waals surface area contributed by atoms with Crippen molar-refractivity contribution in [2.24, 2.45) is 0 Å². The van der Waals surface area contributed by atoms with Gasteiger partial charge < -0.3 is 9.47 Å². The van der Waals surface area contributed by atoms with Crippen LogP contribution in [0.2, 0.25) is 0 Å². The van der Waals surface area contributed by atoms with Gasteiger partial charge in [0.05, 0.1) is 7.11 Å². The number of allylic oxidation sites excluding steroid dienone is 1. The lowest BCUT2D eigenvalue weighted by Crippen LogP contribution is -1.98. The molecule has 0 saturated heterocycles. The minimum absolute atomic E-state index is 0.435. The molecular formula is C17H16O3. The second-order valence-electron chi connectivity index (χ2n) is 4.17. The van der Waals surface area contributed by atoms with Crippen LogP contribution in [0.1, 0.15) is 11.1 Å². The first-order valence-electron chi connectivity index (χ1n) is 6.30. The summed E-state index contributed by atoms with van der Waals surface area (Å²) in [4.78, 5) is 10.3. The van der Waals surface area contributed by atoms with Gasteiger partial charge in [-0.25, -0.2) is 0 Å². The first kappa shape index (κ1) is 13.9. The molecule has 0 bridgehead atoms. The zero-order valence-electron chi connectivity index (χ0n) is 11.3. The molecule has 2 rings (SSSR count). The number of hydrogen-bond donors (Lipinski definition) is 0. The van der Waals surface area contributed by atoms with Gasteiger partial charge in [0.25, 0.3) is 0 Å². The maximum absolute atomic E-state index is 10.3. The molecule has 20 heavy (non-hydrogen) atoms. The second-order valence-corrected chi connectivity index (χ2v) is 4.17. The number of hydrogen-bond acceptors (Lipinski definition) is 3. The Kier molecular flexibility index (Phi) is 4.95. The fraction of sp³-hybridized carbons (Fsp3) is 0.118. The van der Waals surface area contributed by atoms with Crippen molar-refractivity contribution in [3.05, 3.63) is 65.7 Å². The van der Waals surface area contributed by atoms with Crippen LogP contribution in [0.15, 0.2) is 54.6 Å². The molecule has 0 unspecified atom stereocenters. The van der Waals surface area contributed by atoms with Crippen LogP contribution in [-0.4, -0.2) is 13.4 Å². The number of aldehydes is 1. The van der Waals surface area contributed by atoms with Gasteiger partial charge in [-0.1, -0.05) is 36.4 Å². The van der Waals surface area contributed by atoms with E-state index in [1.807, 2.05) is 48.5 Å². The fourth-order valence-electron chi connectivity index (χ4n) is 1.84. The lowest BCUT2D eigenvalue weighted by atomic mass is 10.2. The van der Waals surface area contributed by atoms with Gasteiger partial charge in [-0.05, 0) is 29.8 Å². The monoisotopic (exact) mass is 268 g/mol. The highest BCUT2D eigenvalue weighted by molar-refractivity contribution is 5.74. The Morgan fingerprint density at radius 1 is 1.10 bits per heavy atom. The second kappa shape index (κ2) is 7.14. The number of carbonyl (C=O) groups is 1. The number of para-hydroxylation sites is 1. The van der Waals surface area contributed by atoms with E-state index in [-0.39, 0.29) is 0 Å². The Balaban J connectivity index is 2.07. The summed E-state index contributed by atoms with van der Waals surface area (Å²) in [5.41, 5.74) is 1.92. The Labute approximate surface area is 118 Å². The Morgan fingerprint density at radius 2 is 1.95 bits per heavy atom. The summed E-state index contributed by atoms with van der Waals surface area (Å²) in [6, 6.07) is 15.3. The van der Waals surface area contributed by atoms with Crippen molar-refractivity contribution in [3.63, 3.8) is 0 Å². The van der Waals surface area contributed by atoms with Crippen LogP contribution in [0.3, 0.4) is 0 Å². The van der Waals surface area contributed by atoms with E-state index >= 15 is 0 Å². The van der Waals surface area contributed by atoms with Crippen molar-refractivity contribution in [1.29, 1.82) is 0 Å².